The standard InChI is InChI=1S/C18H17ClFN3S2/c1-23-17(14-10-24-16-5-3-2-4-13(14)16)21-22-18(23)25-9-11-6-7-12(20)8-15(11)19/h6-8,10H,2-5,9H2,1H3. The Labute approximate surface area is 159 Å². The highest BCUT2D eigenvalue weighted by molar-refractivity contribution is 7.98. The minimum atomic E-state index is -0.318. The van der Waals surface area contributed by atoms with E-state index in [0.717, 1.165) is 23.0 Å². The minimum Gasteiger partial charge on any atom is -0.305 e. The predicted molar refractivity (Wildman–Crippen MR) is 102 cm³/mol. The van der Waals surface area contributed by atoms with Crippen molar-refractivity contribution in [1.82, 2.24) is 14.8 Å². The van der Waals surface area contributed by atoms with Crippen molar-refractivity contribution in [2.24, 2.45) is 7.05 Å². The van der Waals surface area contributed by atoms with Gasteiger partial charge >= 0.3 is 0 Å². The van der Waals surface area contributed by atoms with E-state index >= 15 is 0 Å². The molecule has 1 aliphatic carbocycles. The summed E-state index contributed by atoms with van der Waals surface area (Å²) in [4.78, 5) is 1.50. The third kappa shape index (κ3) is 3.35. The normalized spacial score (nSPS) is 13.9. The Bertz CT molecular complexity index is 919. The zero-order valence-electron chi connectivity index (χ0n) is 13.8. The molecule has 25 heavy (non-hydrogen) atoms. The monoisotopic (exact) mass is 393 g/mol. The second kappa shape index (κ2) is 7.09. The molecule has 0 fully saturated rings. The lowest BCUT2D eigenvalue weighted by Gasteiger charge is -2.12. The molecule has 3 nitrogen and oxygen atoms in total. The van der Waals surface area contributed by atoms with Gasteiger partial charge in [-0.15, -0.1) is 21.5 Å². The summed E-state index contributed by atoms with van der Waals surface area (Å²) in [5.74, 6) is 1.24. The van der Waals surface area contributed by atoms with E-state index in [1.165, 1.54) is 47.4 Å². The number of thiophene rings is 1. The predicted octanol–water partition coefficient (Wildman–Crippen LogP) is 5.51. The molecular formula is C18H17ClFN3S2. The van der Waals surface area contributed by atoms with Crippen LogP contribution in [0.15, 0.2) is 28.7 Å². The molecule has 0 unspecified atom stereocenters. The Morgan fingerprint density at radius 1 is 1.28 bits per heavy atom. The highest BCUT2D eigenvalue weighted by Crippen LogP contribution is 2.36. The summed E-state index contributed by atoms with van der Waals surface area (Å²) in [6, 6.07) is 4.50. The van der Waals surface area contributed by atoms with Gasteiger partial charge in [0.15, 0.2) is 11.0 Å². The van der Waals surface area contributed by atoms with Crippen LogP contribution in [0.25, 0.3) is 11.4 Å². The molecular weight excluding hydrogens is 377 g/mol. The summed E-state index contributed by atoms with van der Waals surface area (Å²) in [6.45, 7) is 0. The number of thioether (sulfide) groups is 1. The van der Waals surface area contributed by atoms with Crippen molar-refractivity contribution in [2.75, 3.05) is 0 Å². The van der Waals surface area contributed by atoms with E-state index in [1.807, 2.05) is 23.0 Å². The third-order valence-corrected chi connectivity index (χ3v) is 7.02. The molecule has 7 heteroatoms. The maximum Gasteiger partial charge on any atom is 0.191 e. The van der Waals surface area contributed by atoms with Gasteiger partial charge in [0, 0.05) is 33.6 Å². The van der Waals surface area contributed by atoms with Gasteiger partial charge in [0.2, 0.25) is 0 Å². The third-order valence-electron chi connectivity index (χ3n) is 4.51. The molecule has 1 aliphatic rings. The molecule has 4 rings (SSSR count). The van der Waals surface area contributed by atoms with E-state index in [4.69, 9.17) is 11.6 Å². The first-order chi connectivity index (χ1) is 12.1. The fourth-order valence-corrected chi connectivity index (χ4v) is 5.49. The maximum absolute atomic E-state index is 13.2. The van der Waals surface area contributed by atoms with E-state index in [9.17, 15) is 4.39 Å². The average Bonchev–Trinajstić information content (AvgIpc) is 3.18. The number of hydrogen-bond acceptors (Lipinski definition) is 4. The van der Waals surface area contributed by atoms with E-state index < -0.39 is 0 Å². The van der Waals surface area contributed by atoms with Crippen LogP contribution in [-0.2, 0) is 25.6 Å². The lowest BCUT2D eigenvalue weighted by atomic mass is 9.96. The van der Waals surface area contributed by atoms with Crippen LogP contribution in [0.5, 0.6) is 0 Å². The fraction of sp³-hybridized carbons (Fsp3) is 0.333. The van der Waals surface area contributed by atoms with E-state index in [-0.39, 0.29) is 5.82 Å². The smallest absolute Gasteiger partial charge is 0.191 e. The minimum absolute atomic E-state index is 0.318. The van der Waals surface area contributed by atoms with Crippen molar-refractivity contribution < 1.29 is 4.39 Å². The lowest BCUT2D eigenvalue weighted by molar-refractivity contribution is 0.627. The van der Waals surface area contributed by atoms with Crippen LogP contribution in [0, 0.1) is 5.82 Å². The van der Waals surface area contributed by atoms with Crippen molar-refractivity contribution >= 4 is 34.7 Å². The number of rotatable bonds is 4. The van der Waals surface area contributed by atoms with Crippen LogP contribution in [0.1, 0.15) is 28.8 Å². The number of benzene rings is 1. The zero-order valence-corrected chi connectivity index (χ0v) is 16.1. The number of halogens is 2. The van der Waals surface area contributed by atoms with E-state index in [0.29, 0.717) is 10.8 Å². The van der Waals surface area contributed by atoms with E-state index in [2.05, 4.69) is 15.6 Å². The van der Waals surface area contributed by atoms with Crippen LogP contribution in [-0.4, -0.2) is 14.8 Å². The molecule has 1 aromatic carbocycles. The molecule has 2 aromatic heterocycles. The Kier molecular flexibility index (Phi) is 4.84. The molecule has 0 bridgehead atoms. The largest absolute Gasteiger partial charge is 0.305 e. The van der Waals surface area contributed by atoms with Crippen molar-refractivity contribution in [3.63, 3.8) is 0 Å². The average molecular weight is 394 g/mol. The van der Waals surface area contributed by atoms with Gasteiger partial charge in [-0.25, -0.2) is 4.39 Å². The summed E-state index contributed by atoms with van der Waals surface area (Å²) in [5.41, 5.74) is 3.57. The van der Waals surface area contributed by atoms with Gasteiger partial charge in [-0.05, 0) is 48.9 Å². The molecule has 130 valence electrons. The maximum atomic E-state index is 13.2. The Morgan fingerprint density at radius 2 is 2.12 bits per heavy atom. The first-order valence-electron chi connectivity index (χ1n) is 8.19. The van der Waals surface area contributed by atoms with Gasteiger partial charge in [0.1, 0.15) is 5.82 Å². The van der Waals surface area contributed by atoms with Crippen LogP contribution < -0.4 is 0 Å². The lowest BCUT2D eigenvalue weighted by Crippen LogP contribution is -2.02. The quantitative estimate of drug-likeness (QED) is 0.548. The second-order valence-electron chi connectivity index (χ2n) is 6.15. The number of aromatic nitrogens is 3. The van der Waals surface area contributed by atoms with E-state index in [1.54, 1.807) is 17.8 Å². The fourth-order valence-electron chi connectivity index (χ4n) is 3.14. The molecule has 0 saturated heterocycles. The Morgan fingerprint density at radius 3 is 2.96 bits per heavy atom. The molecule has 0 spiro atoms. The van der Waals surface area contributed by atoms with Crippen molar-refractivity contribution in [1.29, 1.82) is 0 Å². The Balaban J connectivity index is 1.56. The number of hydrogen-bond donors (Lipinski definition) is 0. The number of fused-ring (bicyclic) bond motifs is 1. The van der Waals surface area contributed by atoms with Gasteiger partial charge in [0.25, 0.3) is 0 Å². The summed E-state index contributed by atoms with van der Waals surface area (Å²) < 4.78 is 15.2. The molecule has 0 radical (unpaired) electrons. The van der Waals surface area contributed by atoms with Gasteiger partial charge in [-0.1, -0.05) is 29.4 Å². The van der Waals surface area contributed by atoms with Gasteiger partial charge in [-0.2, -0.15) is 0 Å². The van der Waals surface area contributed by atoms with Crippen molar-refractivity contribution in [2.45, 2.75) is 36.6 Å². The van der Waals surface area contributed by atoms with Crippen molar-refractivity contribution in [3.8, 4) is 11.4 Å². The van der Waals surface area contributed by atoms with Crippen LogP contribution in [0.3, 0.4) is 0 Å². The van der Waals surface area contributed by atoms with Gasteiger partial charge < -0.3 is 4.57 Å². The number of nitrogens with zero attached hydrogens (tertiary/aromatic N) is 3. The molecule has 0 amide bonds. The van der Waals surface area contributed by atoms with Gasteiger partial charge in [-0.3, -0.25) is 0 Å². The zero-order chi connectivity index (χ0) is 17.4. The van der Waals surface area contributed by atoms with Gasteiger partial charge in [0.05, 0.1) is 0 Å². The molecule has 3 aromatic rings. The van der Waals surface area contributed by atoms with Crippen LogP contribution in [0.2, 0.25) is 5.02 Å². The highest BCUT2D eigenvalue weighted by atomic mass is 35.5. The summed E-state index contributed by atoms with van der Waals surface area (Å²) in [6.07, 6.45) is 4.85. The first kappa shape index (κ1) is 17.1. The Hall–Kier alpha value is -1.37. The van der Waals surface area contributed by atoms with Crippen molar-refractivity contribution in [3.05, 3.63) is 50.4 Å². The molecule has 0 saturated carbocycles. The van der Waals surface area contributed by atoms with Crippen LogP contribution >= 0.6 is 34.7 Å². The topological polar surface area (TPSA) is 30.7 Å². The first-order valence-corrected chi connectivity index (χ1v) is 10.4. The number of aryl methyl sites for hydroxylation is 1. The summed E-state index contributed by atoms with van der Waals surface area (Å²) in [7, 11) is 2.00. The summed E-state index contributed by atoms with van der Waals surface area (Å²) >= 11 is 9.51. The second-order valence-corrected chi connectivity index (χ2v) is 8.46. The van der Waals surface area contributed by atoms with Crippen LogP contribution in [0.4, 0.5) is 4.39 Å². The molecule has 0 aliphatic heterocycles. The SMILES string of the molecule is Cn1c(SCc2ccc(F)cc2Cl)nnc1-c1csc2c1CCCC2. The summed E-state index contributed by atoms with van der Waals surface area (Å²) in [5, 5.41) is 12.3. The molecule has 2 heterocycles. The molecule has 0 atom stereocenters. The molecule has 0 N–H and O–H groups in total. The highest BCUT2D eigenvalue weighted by Gasteiger charge is 2.21.